The monoisotopic (exact) mass is 537 g/mol. The lowest BCUT2D eigenvalue weighted by Crippen LogP contribution is -2.50. The number of aromatic amines is 1. The molecule has 10 nitrogen and oxygen atoms in total. The Bertz CT molecular complexity index is 1680. The van der Waals surface area contributed by atoms with Crippen molar-refractivity contribution in [2.24, 2.45) is 0 Å². The molecule has 1 amide bonds. The summed E-state index contributed by atoms with van der Waals surface area (Å²) in [4.78, 5) is 33.7. The number of piperazine rings is 1. The zero-order chi connectivity index (χ0) is 27.6. The molecule has 2 aromatic carbocycles. The standard InChI is InChI=1S/C30H31N7O3/c1-20-10-11-23-19-24(29(38)31-26(23)21(20)2)27(28-32-33-34-37(28)13-12-22-7-4-3-5-8-22)35-14-16-36(17-15-35)30(39)25-9-6-18-40-25/h3-11,18-19,27H,12-17H2,1-2H3,(H,31,38). The number of aryl methyl sites for hydroxylation is 4. The third-order valence-corrected chi connectivity index (χ3v) is 7.83. The number of carbonyl (C=O) groups excluding carboxylic acids is 1. The summed E-state index contributed by atoms with van der Waals surface area (Å²) < 4.78 is 7.12. The van der Waals surface area contributed by atoms with Crippen LogP contribution in [-0.2, 0) is 13.0 Å². The van der Waals surface area contributed by atoms with Crippen molar-refractivity contribution in [3.63, 3.8) is 0 Å². The summed E-state index contributed by atoms with van der Waals surface area (Å²) in [6.07, 6.45) is 2.26. The van der Waals surface area contributed by atoms with E-state index in [1.807, 2.05) is 44.2 Å². The van der Waals surface area contributed by atoms with Gasteiger partial charge < -0.3 is 14.3 Å². The van der Waals surface area contributed by atoms with Gasteiger partial charge in [0.25, 0.3) is 11.5 Å². The number of hydrogen-bond donors (Lipinski definition) is 1. The summed E-state index contributed by atoms with van der Waals surface area (Å²) >= 11 is 0. The Morgan fingerprint density at radius 3 is 2.58 bits per heavy atom. The highest BCUT2D eigenvalue weighted by molar-refractivity contribution is 5.91. The van der Waals surface area contributed by atoms with Gasteiger partial charge in [0.2, 0.25) is 0 Å². The molecule has 1 atom stereocenters. The summed E-state index contributed by atoms with van der Waals surface area (Å²) in [5.41, 5.74) is 4.60. The molecule has 0 saturated carbocycles. The first-order chi connectivity index (χ1) is 19.5. The molecule has 4 heterocycles. The van der Waals surface area contributed by atoms with Crippen LogP contribution in [0.1, 0.15) is 44.7 Å². The molecule has 6 rings (SSSR count). The molecular formula is C30H31N7O3. The van der Waals surface area contributed by atoms with E-state index >= 15 is 0 Å². The Morgan fingerprint density at radius 2 is 1.82 bits per heavy atom. The van der Waals surface area contributed by atoms with Gasteiger partial charge in [0, 0.05) is 38.3 Å². The fourth-order valence-corrected chi connectivity index (χ4v) is 5.43. The molecule has 0 bridgehead atoms. The van der Waals surface area contributed by atoms with Crippen LogP contribution in [0.15, 0.2) is 76.1 Å². The number of furan rings is 1. The Morgan fingerprint density at radius 1 is 1.02 bits per heavy atom. The van der Waals surface area contributed by atoms with Crippen molar-refractivity contribution in [2.45, 2.75) is 32.9 Å². The predicted molar refractivity (Wildman–Crippen MR) is 150 cm³/mol. The number of aromatic nitrogens is 5. The molecule has 204 valence electrons. The minimum absolute atomic E-state index is 0.136. The molecule has 0 spiro atoms. The maximum atomic E-state index is 13.7. The highest BCUT2D eigenvalue weighted by Gasteiger charge is 2.34. The average molecular weight is 538 g/mol. The summed E-state index contributed by atoms with van der Waals surface area (Å²) in [5.74, 6) is 0.796. The molecule has 0 aliphatic carbocycles. The highest BCUT2D eigenvalue weighted by Crippen LogP contribution is 2.29. The van der Waals surface area contributed by atoms with Crippen LogP contribution in [0, 0.1) is 13.8 Å². The molecule has 1 fully saturated rings. The third-order valence-electron chi connectivity index (χ3n) is 7.83. The van der Waals surface area contributed by atoms with E-state index in [1.165, 1.54) is 11.8 Å². The second-order valence-electron chi connectivity index (χ2n) is 10.2. The van der Waals surface area contributed by atoms with Gasteiger partial charge in [-0.15, -0.1) is 5.10 Å². The van der Waals surface area contributed by atoms with E-state index in [4.69, 9.17) is 4.42 Å². The van der Waals surface area contributed by atoms with Crippen molar-refractivity contribution >= 4 is 16.8 Å². The van der Waals surface area contributed by atoms with Crippen molar-refractivity contribution in [3.05, 3.63) is 111 Å². The van der Waals surface area contributed by atoms with Gasteiger partial charge in [-0.2, -0.15) is 0 Å². The summed E-state index contributed by atoms with van der Waals surface area (Å²) in [7, 11) is 0. The van der Waals surface area contributed by atoms with Crippen LogP contribution in [0.4, 0.5) is 0 Å². The number of hydrogen-bond acceptors (Lipinski definition) is 7. The lowest BCUT2D eigenvalue weighted by Gasteiger charge is -2.38. The SMILES string of the molecule is Cc1ccc2cc(C(c3nnnn3CCc3ccccc3)N3CCN(C(=O)c4ccco4)CC3)c(=O)[nH]c2c1C. The number of tetrazole rings is 1. The van der Waals surface area contributed by atoms with E-state index < -0.39 is 6.04 Å². The van der Waals surface area contributed by atoms with Crippen LogP contribution < -0.4 is 5.56 Å². The molecule has 1 aliphatic heterocycles. The quantitative estimate of drug-likeness (QED) is 0.338. The van der Waals surface area contributed by atoms with E-state index in [-0.39, 0.29) is 11.5 Å². The second kappa shape index (κ2) is 10.9. The highest BCUT2D eigenvalue weighted by atomic mass is 16.3. The van der Waals surface area contributed by atoms with Crippen molar-refractivity contribution in [3.8, 4) is 0 Å². The molecule has 1 aliphatic rings. The number of rotatable bonds is 7. The molecule has 10 heteroatoms. The van der Waals surface area contributed by atoms with E-state index in [0.717, 1.165) is 28.5 Å². The summed E-state index contributed by atoms with van der Waals surface area (Å²) in [6.45, 7) is 6.71. The summed E-state index contributed by atoms with van der Waals surface area (Å²) in [5, 5.41) is 13.7. The van der Waals surface area contributed by atoms with E-state index in [2.05, 4.69) is 43.6 Å². The van der Waals surface area contributed by atoms with Gasteiger partial charge in [-0.1, -0.05) is 42.5 Å². The minimum Gasteiger partial charge on any atom is -0.459 e. The predicted octanol–water partition coefficient (Wildman–Crippen LogP) is 3.51. The fraction of sp³-hybridized carbons (Fsp3) is 0.300. The lowest BCUT2D eigenvalue weighted by atomic mass is 9.99. The smallest absolute Gasteiger partial charge is 0.289 e. The molecule has 1 unspecified atom stereocenters. The topological polar surface area (TPSA) is 113 Å². The Kier molecular flexibility index (Phi) is 7.00. The van der Waals surface area contributed by atoms with Crippen molar-refractivity contribution in [1.29, 1.82) is 0 Å². The molecule has 0 radical (unpaired) electrons. The van der Waals surface area contributed by atoms with Gasteiger partial charge in [-0.3, -0.25) is 14.5 Å². The number of nitrogens with zero attached hydrogens (tertiary/aromatic N) is 6. The maximum absolute atomic E-state index is 13.7. The lowest BCUT2D eigenvalue weighted by molar-refractivity contribution is 0.0558. The average Bonchev–Trinajstić information content (AvgIpc) is 3.69. The number of H-pyrrole nitrogens is 1. The van der Waals surface area contributed by atoms with E-state index in [9.17, 15) is 9.59 Å². The van der Waals surface area contributed by atoms with Gasteiger partial charge in [-0.05, 0) is 71.0 Å². The number of pyridine rings is 1. The zero-order valence-corrected chi connectivity index (χ0v) is 22.6. The molecule has 3 aromatic heterocycles. The first-order valence-corrected chi connectivity index (χ1v) is 13.5. The Hall–Kier alpha value is -4.57. The van der Waals surface area contributed by atoms with Gasteiger partial charge in [-0.25, -0.2) is 4.68 Å². The molecule has 40 heavy (non-hydrogen) atoms. The largest absolute Gasteiger partial charge is 0.459 e. The number of amides is 1. The van der Waals surface area contributed by atoms with Crippen LogP contribution in [0.25, 0.3) is 10.9 Å². The van der Waals surface area contributed by atoms with Gasteiger partial charge in [0.15, 0.2) is 11.6 Å². The number of fused-ring (bicyclic) bond motifs is 1. The van der Waals surface area contributed by atoms with Crippen LogP contribution >= 0.6 is 0 Å². The van der Waals surface area contributed by atoms with Gasteiger partial charge in [0.05, 0.1) is 11.8 Å². The second-order valence-corrected chi connectivity index (χ2v) is 10.2. The molecule has 1 saturated heterocycles. The van der Waals surface area contributed by atoms with Gasteiger partial charge in [0.1, 0.15) is 6.04 Å². The molecular weight excluding hydrogens is 506 g/mol. The van der Waals surface area contributed by atoms with E-state index in [0.29, 0.717) is 49.9 Å². The van der Waals surface area contributed by atoms with Crippen LogP contribution in [-0.4, -0.2) is 67.1 Å². The van der Waals surface area contributed by atoms with Gasteiger partial charge >= 0.3 is 0 Å². The number of carbonyl (C=O) groups is 1. The van der Waals surface area contributed by atoms with Crippen molar-refractivity contribution < 1.29 is 9.21 Å². The van der Waals surface area contributed by atoms with Crippen LogP contribution in [0.3, 0.4) is 0 Å². The van der Waals surface area contributed by atoms with Crippen molar-refractivity contribution in [1.82, 2.24) is 35.0 Å². The number of benzene rings is 2. The summed E-state index contributed by atoms with van der Waals surface area (Å²) in [6, 6.07) is 19.1. The Balaban J connectivity index is 1.35. The van der Waals surface area contributed by atoms with Crippen LogP contribution in [0.2, 0.25) is 0 Å². The number of nitrogens with one attached hydrogen (secondary N) is 1. The molecule has 1 N–H and O–H groups in total. The minimum atomic E-state index is -0.485. The third kappa shape index (κ3) is 4.93. The first-order valence-electron chi connectivity index (χ1n) is 13.5. The normalized spacial score (nSPS) is 15.0. The molecule has 5 aromatic rings. The Labute approximate surface area is 231 Å². The maximum Gasteiger partial charge on any atom is 0.289 e. The first kappa shape index (κ1) is 25.7. The fourth-order valence-electron chi connectivity index (χ4n) is 5.43. The van der Waals surface area contributed by atoms with Crippen LogP contribution in [0.5, 0.6) is 0 Å². The van der Waals surface area contributed by atoms with E-state index in [1.54, 1.807) is 21.7 Å². The van der Waals surface area contributed by atoms with Crippen molar-refractivity contribution in [2.75, 3.05) is 26.2 Å². The zero-order valence-electron chi connectivity index (χ0n) is 22.6.